The Kier molecular flexibility index (Phi) is 16.0. The van der Waals surface area contributed by atoms with Gasteiger partial charge in [-0.25, -0.2) is 0 Å². The minimum atomic E-state index is -2.79. The van der Waals surface area contributed by atoms with Crippen LogP contribution in [-0.2, 0) is 26.5 Å². The third-order valence-corrected chi connectivity index (χ3v) is 15.7. The molecule has 0 bridgehead atoms. The summed E-state index contributed by atoms with van der Waals surface area (Å²) in [6.07, 6.45) is 3.14. The van der Waals surface area contributed by atoms with Crippen LogP contribution in [0.3, 0.4) is 0 Å². The molecule has 13 rings (SSSR count). The summed E-state index contributed by atoms with van der Waals surface area (Å²) in [6.45, 7) is 17.6. The van der Waals surface area contributed by atoms with Gasteiger partial charge in [-0.1, -0.05) is 202 Å². The molecule has 0 fully saturated rings. The molecular weight excluding hydrogens is 1260 g/mol. The summed E-state index contributed by atoms with van der Waals surface area (Å²) in [4.78, 5) is 14.1. The van der Waals surface area contributed by atoms with Crippen LogP contribution in [0.1, 0.15) is 151 Å². The molecule has 4 heterocycles. The molecule has 0 aliphatic rings. The van der Waals surface area contributed by atoms with E-state index in [0.717, 1.165) is 55.7 Å². The summed E-state index contributed by atoms with van der Waals surface area (Å²) in [7, 11) is 0. The Morgan fingerprint density at radius 3 is 1.80 bits per heavy atom. The van der Waals surface area contributed by atoms with Gasteiger partial charge in [-0.05, 0) is 134 Å². The van der Waals surface area contributed by atoms with E-state index in [9.17, 15) is 0 Å². The molecule has 0 radical (unpaired) electrons. The quantitative estimate of drug-likeness (QED) is 0.114. The Hall–Kier alpha value is -8.74. The van der Waals surface area contributed by atoms with Crippen molar-refractivity contribution in [1.29, 1.82) is 0 Å². The van der Waals surface area contributed by atoms with Gasteiger partial charge in [-0.15, -0.1) is 90.0 Å². The van der Waals surface area contributed by atoms with Crippen molar-refractivity contribution in [2.24, 2.45) is 5.41 Å². The van der Waals surface area contributed by atoms with Crippen LogP contribution in [0, 0.1) is 37.3 Å². The standard InChI is InChI=1S/C36H32NO.C25H25N2.C21H23N2.Ir/c1-23-18-25(21-36(3,4)5)14-16-28(23)32-20-33(37-22-24(32)2)31-13-9-12-30-29-17-15-27(19-34(29)38-35(30)31)26-10-7-6-8-11-26;1-17(2)20-13-10-14-21(18(3)4)24(20)27-23-16-9-8-15-22(23)26-25(27)19-11-6-5-7-12-19;1-15(2)18-11-8-12-19(16(3)4)20(18)23-14-13-22-21(23)17-9-6-5-7-10-17;/h6-12,14-20,22H,21H2,1-5H3;5-11,13-18H,1-4H3;5-9,11-16H,1-4H3;/q3*-1;+3/i1D3,2D3,16D,21D2;;;. The van der Waals surface area contributed by atoms with Crippen molar-refractivity contribution in [2.75, 3.05) is 0 Å². The van der Waals surface area contributed by atoms with Crippen molar-refractivity contribution >= 4 is 33.0 Å². The first-order valence-corrected chi connectivity index (χ1v) is 30.4. The number of aryl methyl sites for hydroxylation is 2. The second kappa shape index (κ2) is 27.3. The fraction of sp³-hybridized carbons (Fsp3) is 0.232. The maximum atomic E-state index is 8.98. The summed E-state index contributed by atoms with van der Waals surface area (Å²) in [5.41, 5.74) is 14.4. The molecule has 9 aromatic carbocycles. The number of rotatable bonds is 12. The number of aromatic nitrogens is 5. The molecule has 0 saturated heterocycles. The molecule has 0 N–H and O–H groups in total. The number of fused-ring (bicyclic) bond motifs is 4. The van der Waals surface area contributed by atoms with Gasteiger partial charge in [0.05, 0.1) is 29.6 Å². The zero-order chi connectivity index (χ0) is 69.5. The summed E-state index contributed by atoms with van der Waals surface area (Å²) in [5, 5.41) is 1.67. The van der Waals surface area contributed by atoms with Crippen LogP contribution in [0.2, 0.25) is 0 Å². The van der Waals surface area contributed by atoms with Crippen molar-refractivity contribution < 1.29 is 36.9 Å². The molecule has 13 aromatic rings. The number of pyridine rings is 1. The number of hydrogen-bond donors (Lipinski definition) is 0. The molecule has 0 atom stereocenters. The second-order valence-electron chi connectivity index (χ2n) is 24.6. The Bertz CT molecular complexity index is 4890. The first-order chi connectivity index (χ1) is 46.0. The number of furan rings is 1. The van der Waals surface area contributed by atoms with Gasteiger partial charge < -0.3 is 18.5 Å². The maximum absolute atomic E-state index is 8.98. The van der Waals surface area contributed by atoms with E-state index in [4.69, 9.17) is 21.7 Å². The molecule has 0 unspecified atom stereocenters. The Balaban J connectivity index is 0.000000173. The zero-order valence-corrected chi connectivity index (χ0v) is 54.8. The number of benzene rings is 9. The molecule has 0 aliphatic carbocycles. The minimum absolute atomic E-state index is 0. The van der Waals surface area contributed by atoms with Gasteiger partial charge in [-0.3, -0.25) is 9.97 Å². The number of hydrogen-bond acceptors (Lipinski definition) is 4. The predicted molar refractivity (Wildman–Crippen MR) is 369 cm³/mol. The van der Waals surface area contributed by atoms with Crippen LogP contribution in [0.25, 0.3) is 101 Å². The summed E-state index contributed by atoms with van der Waals surface area (Å²) in [6, 6.07) is 70.8. The molecule has 6 nitrogen and oxygen atoms in total. The maximum Gasteiger partial charge on any atom is 3.00 e. The monoisotopic (exact) mass is 1350 g/mol. The predicted octanol–water partition coefficient (Wildman–Crippen LogP) is 22.3. The fourth-order valence-corrected chi connectivity index (χ4v) is 11.5. The Labute approximate surface area is 553 Å². The third kappa shape index (κ3) is 13.6. The number of imidazole rings is 2. The SMILES string of the molecule is CC(C)c1cccc(C(C)C)c1-n1c(-c2[c-]cccc2)nc2ccccc21.CC(C)c1cccc(C(C)C)c1-n1ccnc1-c1[c-]cccc1.[2H]c1cc(C([2H])([2H])C(C)(C)C)cc(C([2H])([2H])[2H])c1-c1cc(-c2[c-]ccc3c2oc2cc(-c4ccccc4)ccc23)ncc1C([2H])([2H])[2H].[Ir+3]. The van der Waals surface area contributed by atoms with E-state index < -0.39 is 25.5 Å². The molecule has 0 saturated carbocycles. The molecular formula is C82H80IrN5O. The average Bonchev–Trinajstić information content (AvgIpc) is 1.52. The van der Waals surface area contributed by atoms with Crippen molar-refractivity contribution in [3.63, 3.8) is 0 Å². The smallest absolute Gasteiger partial charge is 0.501 e. The largest absolute Gasteiger partial charge is 3.00 e. The normalized spacial score (nSPS) is 13.5. The van der Waals surface area contributed by atoms with E-state index in [0.29, 0.717) is 40.4 Å². The van der Waals surface area contributed by atoms with Gasteiger partial charge in [0.1, 0.15) is 5.58 Å². The zero-order valence-electron chi connectivity index (χ0n) is 61.4. The van der Waals surface area contributed by atoms with E-state index in [1.54, 1.807) is 26.8 Å². The van der Waals surface area contributed by atoms with Crippen molar-refractivity contribution in [1.82, 2.24) is 24.1 Å². The van der Waals surface area contributed by atoms with Crippen molar-refractivity contribution in [3.05, 3.63) is 270 Å². The first kappa shape index (κ1) is 52.2. The van der Waals surface area contributed by atoms with E-state index in [-0.39, 0.29) is 59.7 Å². The fourth-order valence-electron chi connectivity index (χ4n) is 11.5. The van der Waals surface area contributed by atoms with Gasteiger partial charge in [0.2, 0.25) is 0 Å². The van der Waals surface area contributed by atoms with E-state index in [1.165, 1.54) is 58.0 Å². The second-order valence-corrected chi connectivity index (χ2v) is 24.6. The van der Waals surface area contributed by atoms with Crippen LogP contribution >= 0.6 is 0 Å². The summed E-state index contributed by atoms with van der Waals surface area (Å²) >= 11 is 0. The Morgan fingerprint density at radius 1 is 0.562 bits per heavy atom. The van der Waals surface area contributed by atoms with Gasteiger partial charge in [0.25, 0.3) is 0 Å². The molecule has 89 heavy (non-hydrogen) atoms. The van der Waals surface area contributed by atoms with E-state index in [2.05, 4.69) is 172 Å². The van der Waals surface area contributed by atoms with Crippen LogP contribution < -0.4 is 0 Å². The molecule has 0 amide bonds. The van der Waals surface area contributed by atoms with Gasteiger partial charge in [0, 0.05) is 46.3 Å². The van der Waals surface area contributed by atoms with Crippen LogP contribution in [-0.4, -0.2) is 24.1 Å². The van der Waals surface area contributed by atoms with Crippen molar-refractivity contribution in [3.8, 4) is 67.7 Å². The van der Waals surface area contributed by atoms with Gasteiger partial charge in [0.15, 0.2) is 0 Å². The third-order valence-electron chi connectivity index (χ3n) is 15.7. The average molecular weight is 1350 g/mol. The topological polar surface area (TPSA) is 61.7 Å². The van der Waals surface area contributed by atoms with Gasteiger partial charge >= 0.3 is 20.1 Å². The molecule has 7 heteroatoms. The number of nitrogens with zero attached hydrogens (tertiary/aromatic N) is 5. The van der Waals surface area contributed by atoms with Crippen LogP contribution in [0.15, 0.2) is 217 Å². The molecule has 448 valence electrons. The van der Waals surface area contributed by atoms with E-state index >= 15 is 0 Å². The first-order valence-electron chi connectivity index (χ1n) is 34.9. The Morgan fingerprint density at radius 2 is 1.18 bits per heavy atom. The molecule has 4 aromatic heterocycles. The minimum Gasteiger partial charge on any atom is -0.501 e. The molecule has 0 aliphatic heterocycles. The van der Waals surface area contributed by atoms with Crippen LogP contribution in [0.5, 0.6) is 0 Å². The number of para-hydroxylation sites is 4. The molecule has 0 spiro atoms. The van der Waals surface area contributed by atoms with Gasteiger partial charge in [-0.2, -0.15) is 0 Å². The van der Waals surface area contributed by atoms with E-state index in [1.807, 2.05) is 97.2 Å². The summed E-state index contributed by atoms with van der Waals surface area (Å²) < 4.78 is 87.3. The van der Waals surface area contributed by atoms with Crippen LogP contribution in [0.4, 0.5) is 0 Å². The van der Waals surface area contributed by atoms with Crippen molar-refractivity contribution in [2.45, 2.75) is 120 Å². The summed E-state index contributed by atoms with van der Waals surface area (Å²) in [5.74, 6) is 3.66.